The number of carbonyl (C=O) groups is 1. The van der Waals surface area contributed by atoms with Crippen molar-refractivity contribution in [3.05, 3.63) is 4.77 Å². The first-order chi connectivity index (χ1) is 6.68. The smallest absolute Gasteiger partial charge is 0.220 e. The Labute approximate surface area is 85.5 Å². The van der Waals surface area contributed by atoms with Gasteiger partial charge in [0.15, 0.2) is 4.77 Å². The molecular weight excluding hydrogens is 202 g/mol. The number of rotatable bonds is 1. The second-order valence-electron chi connectivity index (χ2n) is 3.25. The van der Waals surface area contributed by atoms with Crippen molar-refractivity contribution in [2.24, 2.45) is 0 Å². The van der Waals surface area contributed by atoms with Gasteiger partial charge in [-0.15, -0.1) is 5.10 Å². The van der Waals surface area contributed by atoms with Crippen molar-refractivity contribution in [3.8, 4) is 0 Å². The molecule has 2 rings (SSSR count). The highest BCUT2D eigenvalue weighted by Crippen LogP contribution is 2.19. The third-order valence-corrected chi connectivity index (χ3v) is 2.62. The van der Waals surface area contributed by atoms with E-state index in [1.54, 1.807) is 4.57 Å². The summed E-state index contributed by atoms with van der Waals surface area (Å²) in [7, 11) is 0. The van der Waals surface area contributed by atoms with Gasteiger partial charge in [-0.25, -0.2) is 5.10 Å². The number of hydrogen-bond acceptors (Lipinski definition) is 4. The molecule has 0 spiro atoms. The summed E-state index contributed by atoms with van der Waals surface area (Å²) < 4.78 is 2.25. The molecule has 1 unspecified atom stereocenters. The SMILES string of the molecule is Nc1n[nH]c(=S)n1C1CCC(=O)NC1. The molecule has 2 heterocycles. The van der Waals surface area contributed by atoms with Gasteiger partial charge in [-0.05, 0) is 18.6 Å². The Bertz CT molecular complexity index is 398. The molecule has 0 bridgehead atoms. The van der Waals surface area contributed by atoms with Crippen molar-refractivity contribution in [1.82, 2.24) is 20.1 Å². The lowest BCUT2D eigenvalue weighted by Crippen LogP contribution is -2.36. The molecule has 14 heavy (non-hydrogen) atoms. The van der Waals surface area contributed by atoms with Crippen LogP contribution in [0.1, 0.15) is 18.9 Å². The van der Waals surface area contributed by atoms with Gasteiger partial charge in [0, 0.05) is 13.0 Å². The summed E-state index contributed by atoms with van der Waals surface area (Å²) in [4.78, 5) is 10.9. The van der Waals surface area contributed by atoms with Crippen LogP contribution in [0.25, 0.3) is 0 Å². The number of aromatic nitrogens is 3. The maximum Gasteiger partial charge on any atom is 0.220 e. The fraction of sp³-hybridized carbons (Fsp3) is 0.571. The predicted molar refractivity (Wildman–Crippen MR) is 53.1 cm³/mol. The molecule has 1 aliphatic heterocycles. The lowest BCUT2D eigenvalue weighted by Gasteiger charge is -2.23. The summed E-state index contributed by atoms with van der Waals surface area (Å²) in [6.45, 7) is 0.566. The Morgan fingerprint density at radius 2 is 2.43 bits per heavy atom. The van der Waals surface area contributed by atoms with E-state index in [-0.39, 0.29) is 11.9 Å². The molecule has 1 saturated heterocycles. The third kappa shape index (κ3) is 1.50. The van der Waals surface area contributed by atoms with Crippen molar-refractivity contribution < 1.29 is 4.79 Å². The highest BCUT2D eigenvalue weighted by molar-refractivity contribution is 7.71. The molecule has 1 aliphatic rings. The molecule has 1 fully saturated rings. The number of nitrogens with zero attached hydrogens (tertiary/aromatic N) is 2. The Kier molecular flexibility index (Phi) is 2.24. The van der Waals surface area contributed by atoms with E-state index in [4.69, 9.17) is 18.0 Å². The molecule has 0 saturated carbocycles. The second-order valence-corrected chi connectivity index (χ2v) is 3.64. The van der Waals surface area contributed by atoms with Crippen LogP contribution in [0.5, 0.6) is 0 Å². The second kappa shape index (κ2) is 3.41. The monoisotopic (exact) mass is 213 g/mol. The van der Waals surface area contributed by atoms with Crippen molar-refractivity contribution in [2.45, 2.75) is 18.9 Å². The van der Waals surface area contributed by atoms with Crippen molar-refractivity contribution in [3.63, 3.8) is 0 Å². The van der Waals surface area contributed by atoms with Crippen LogP contribution in [0.15, 0.2) is 0 Å². The molecule has 7 heteroatoms. The number of piperidine rings is 1. The van der Waals surface area contributed by atoms with Crippen LogP contribution in [0.2, 0.25) is 0 Å². The molecule has 0 aliphatic carbocycles. The Morgan fingerprint density at radius 1 is 1.64 bits per heavy atom. The first kappa shape index (κ1) is 9.20. The van der Waals surface area contributed by atoms with Crippen LogP contribution in [-0.4, -0.2) is 27.2 Å². The minimum absolute atomic E-state index is 0.0786. The largest absolute Gasteiger partial charge is 0.368 e. The molecule has 4 N–H and O–H groups in total. The standard InChI is InChI=1S/C7H11N5OS/c8-6-10-11-7(14)12(6)4-1-2-5(13)9-3-4/h4H,1-3H2,(H2,8,10)(H,9,13)(H,11,14). The minimum atomic E-state index is 0.0786. The normalized spacial score (nSPS) is 22.0. The maximum absolute atomic E-state index is 10.9. The van der Waals surface area contributed by atoms with E-state index in [1.807, 2.05) is 0 Å². The molecule has 6 nitrogen and oxygen atoms in total. The zero-order valence-corrected chi connectivity index (χ0v) is 8.30. The fourth-order valence-corrected chi connectivity index (χ4v) is 1.90. The van der Waals surface area contributed by atoms with Gasteiger partial charge in [0.2, 0.25) is 11.9 Å². The van der Waals surface area contributed by atoms with E-state index >= 15 is 0 Å². The van der Waals surface area contributed by atoms with Gasteiger partial charge in [0.25, 0.3) is 0 Å². The van der Waals surface area contributed by atoms with Crippen LogP contribution < -0.4 is 11.1 Å². The topological polar surface area (TPSA) is 88.7 Å². The van der Waals surface area contributed by atoms with E-state index < -0.39 is 0 Å². The fourth-order valence-electron chi connectivity index (χ4n) is 1.61. The lowest BCUT2D eigenvalue weighted by molar-refractivity contribution is -0.122. The van der Waals surface area contributed by atoms with E-state index in [0.717, 1.165) is 6.42 Å². The predicted octanol–water partition coefficient (Wildman–Crippen LogP) is -0.0260. The first-order valence-corrected chi connectivity index (χ1v) is 4.78. The van der Waals surface area contributed by atoms with Crippen LogP contribution >= 0.6 is 12.2 Å². The van der Waals surface area contributed by atoms with Crippen molar-refractivity contribution in [2.75, 3.05) is 12.3 Å². The number of hydrogen-bond donors (Lipinski definition) is 3. The van der Waals surface area contributed by atoms with Gasteiger partial charge < -0.3 is 11.1 Å². The van der Waals surface area contributed by atoms with Crippen molar-refractivity contribution >= 4 is 24.1 Å². The average molecular weight is 213 g/mol. The number of carbonyl (C=O) groups excluding carboxylic acids is 1. The molecule has 76 valence electrons. The van der Waals surface area contributed by atoms with E-state index in [2.05, 4.69) is 15.5 Å². The number of nitrogen functional groups attached to an aromatic ring is 1. The number of anilines is 1. The molecular formula is C7H11N5OS. The summed E-state index contributed by atoms with van der Waals surface area (Å²) >= 11 is 5.04. The molecule has 1 atom stereocenters. The van der Waals surface area contributed by atoms with Crippen molar-refractivity contribution in [1.29, 1.82) is 0 Å². The minimum Gasteiger partial charge on any atom is -0.368 e. The van der Waals surface area contributed by atoms with E-state index in [0.29, 0.717) is 23.7 Å². The zero-order chi connectivity index (χ0) is 10.1. The van der Waals surface area contributed by atoms with Crippen LogP contribution in [0.4, 0.5) is 5.95 Å². The quantitative estimate of drug-likeness (QED) is 0.572. The number of nitrogens with one attached hydrogen (secondary N) is 2. The van der Waals surface area contributed by atoms with Gasteiger partial charge in [-0.2, -0.15) is 0 Å². The summed E-state index contributed by atoms with van der Waals surface area (Å²) in [6, 6.07) is 0.124. The van der Waals surface area contributed by atoms with Crippen LogP contribution in [0.3, 0.4) is 0 Å². The molecule has 0 radical (unpaired) electrons. The number of aromatic amines is 1. The molecule has 0 aromatic carbocycles. The van der Waals surface area contributed by atoms with E-state index in [1.165, 1.54) is 0 Å². The summed E-state index contributed by atoms with van der Waals surface area (Å²) in [5.41, 5.74) is 5.65. The maximum atomic E-state index is 10.9. The Hall–Kier alpha value is -1.37. The van der Waals surface area contributed by atoms with Crippen LogP contribution in [-0.2, 0) is 4.79 Å². The van der Waals surface area contributed by atoms with Gasteiger partial charge in [-0.3, -0.25) is 9.36 Å². The summed E-state index contributed by atoms with van der Waals surface area (Å²) in [6.07, 6.45) is 1.26. The Morgan fingerprint density at radius 3 is 2.93 bits per heavy atom. The number of H-pyrrole nitrogens is 1. The van der Waals surface area contributed by atoms with Gasteiger partial charge in [0.1, 0.15) is 0 Å². The summed E-state index contributed by atoms with van der Waals surface area (Å²) in [5.74, 6) is 0.450. The summed E-state index contributed by atoms with van der Waals surface area (Å²) in [5, 5.41) is 9.22. The highest BCUT2D eigenvalue weighted by Gasteiger charge is 2.21. The van der Waals surface area contributed by atoms with E-state index in [9.17, 15) is 4.79 Å². The lowest BCUT2D eigenvalue weighted by atomic mass is 10.1. The zero-order valence-electron chi connectivity index (χ0n) is 7.49. The average Bonchev–Trinajstić information content (AvgIpc) is 2.49. The van der Waals surface area contributed by atoms with Crippen LogP contribution in [0, 0.1) is 4.77 Å². The highest BCUT2D eigenvalue weighted by atomic mass is 32.1. The molecule has 1 aromatic rings. The van der Waals surface area contributed by atoms with Gasteiger partial charge in [-0.1, -0.05) is 0 Å². The molecule has 1 aromatic heterocycles. The third-order valence-electron chi connectivity index (χ3n) is 2.34. The number of nitrogens with two attached hydrogens (primary N) is 1. The first-order valence-electron chi connectivity index (χ1n) is 4.37. The van der Waals surface area contributed by atoms with Gasteiger partial charge in [0.05, 0.1) is 6.04 Å². The van der Waals surface area contributed by atoms with Gasteiger partial charge >= 0.3 is 0 Å². The molecule has 1 amide bonds. The Balaban J connectivity index is 2.24. The number of amides is 1.